The summed E-state index contributed by atoms with van der Waals surface area (Å²) in [7, 11) is 0. The van der Waals surface area contributed by atoms with Crippen molar-refractivity contribution < 1.29 is 24.2 Å². The van der Waals surface area contributed by atoms with Crippen LogP contribution in [0.4, 0.5) is 4.79 Å². The first-order valence-electron chi connectivity index (χ1n) is 13.8. The van der Waals surface area contributed by atoms with Crippen LogP contribution < -0.4 is 5.32 Å². The van der Waals surface area contributed by atoms with Gasteiger partial charge in [0, 0.05) is 62.2 Å². The highest BCUT2D eigenvalue weighted by molar-refractivity contribution is 5.94. The van der Waals surface area contributed by atoms with Crippen LogP contribution in [0.2, 0.25) is 0 Å². The molecule has 2 aromatic carbocycles. The Kier molecular flexibility index (Phi) is 8.35. The molecule has 2 unspecified atom stereocenters. The van der Waals surface area contributed by atoms with Gasteiger partial charge in [-0.25, -0.2) is 4.79 Å². The molecule has 2 aliphatic heterocycles. The number of benzene rings is 2. The number of carbonyl (C=O) groups is 3. The molecule has 0 bridgehead atoms. The second kappa shape index (κ2) is 11.4. The van der Waals surface area contributed by atoms with Gasteiger partial charge in [-0.05, 0) is 69.9 Å². The van der Waals surface area contributed by atoms with Crippen LogP contribution in [-0.4, -0.2) is 76.2 Å². The second-order valence-electron chi connectivity index (χ2n) is 12.0. The van der Waals surface area contributed by atoms with Gasteiger partial charge in [0.2, 0.25) is 5.91 Å². The number of piperidine rings is 1. The Morgan fingerprint density at radius 2 is 1.67 bits per heavy atom. The Morgan fingerprint density at radius 1 is 1.00 bits per heavy atom. The first kappa shape index (κ1) is 28.6. The Hall–Kier alpha value is -3.39. The summed E-state index contributed by atoms with van der Waals surface area (Å²) in [6, 6.07) is 15.1. The lowest BCUT2D eigenvalue weighted by molar-refractivity contribution is -0.156. The molecule has 0 radical (unpaired) electrons. The first-order chi connectivity index (χ1) is 18.4. The summed E-state index contributed by atoms with van der Waals surface area (Å²) >= 11 is 0. The Bertz CT molecular complexity index is 1200. The van der Waals surface area contributed by atoms with Crippen LogP contribution in [0.3, 0.4) is 0 Å². The van der Waals surface area contributed by atoms with Crippen molar-refractivity contribution in [3.8, 4) is 0 Å². The smallest absolute Gasteiger partial charge is 0.408 e. The zero-order valence-electron chi connectivity index (χ0n) is 23.7. The predicted octanol–water partition coefficient (Wildman–Crippen LogP) is 4.75. The normalized spacial score (nSPS) is 21.2. The standard InChI is InChI=1S/C31H41N3O5/c1-21-11-12-24(17-22(21)2)25-18-26(32-27(35)23-9-7-6-8-10-23)20-33(19-25)28(36)31(13-15-39-16-14-31)34(29(37)38)30(3,4)5/h6-12,17,25-26H,13-16,18-20H2,1-5H3,(H,32,35)(H,37,38). The van der Waals surface area contributed by atoms with E-state index in [9.17, 15) is 19.5 Å². The monoisotopic (exact) mass is 535 g/mol. The highest BCUT2D eigenvalue weighted by Crippen LogP contribution is 2.38. The zero-order chi connectivity index (χ0) is 28.4. The van der Waals surface area contributed by atoms with Crippen LogP contribution in [0.15, 0.2) is 48.5 Å². The molecule has 8 heteroatoms. The van der Waals surface area contributed by atoms with Crippen molar-refractivity contribution in [1.82, 2.24) is 15.1 Å². The number of nitrogens with zero attached hydrogens (tertiary/aromatic N) is 2. The molecule has 8 nitrogen and oxygen atoms in total. The molecule has 39 heavy (non-hydrogen) atoms. The minimum absolute atomic E-state index is 0.00659. The number of hydrogen-bond acceptors (Lipinski definition) is 4. The molecule has 210 valence electrons. The van der Waals surface area contributed by atoms with Gasteiger partial charge in [-0.3, -0.25) is 14.5 Å². The van der Waals surface area contributed by atoms with Crippen molar-refractivity contribution in [2.24, 2.45) is 0 Å². The molecule has 3 amide bonds. The average Bonchev–Trinajstić information content (AvgIpc) is 2.89. The van der Waals surface area contributed by atoms with Gasteiger partial charge in [0.1, 0.15) is 5.54 Å². The summed E-state index contributed by atoms with van der Waals surface area (Å²) in [6.07, 6.45) is 0.153. The number of aryl methyl sites for hydroxylation is 2. The lowest BCUT2D eigenvalue weighted by Crippen LogP contribution is -2.69. The van der Waals surface area contributed by atoms with Crippen LogP contribution in [-0.2, 0) is 9.53 Å². The summed E-state index contributed by atoms with van der Waals surface area (Å²) < 4.78 is 5.60. The SMILES string of the molecule is Cc1ccc(C2CC(NC(=O)c3ccccc3)CN(C(=O)C3(N(C(=O)O)C(C)(C)C)CCOCC3)C2)cc1C. The third kappa shape index (κ3) is 6.11. The fourth-order valence-electron chi connectivity index (χ4n) is 6.14. The fourth-order valence-corrected chi connectivity index (χ4v) is 6.14. The Morgan fingerprint density at radius 3 is 2.26 bits per heavy atom. The van der Waals surface area contributed by atoms with E-state index in [1.165, 1.54) is 16.0 Å². The fraction of sp³-hybridized carbons (Fsp3) is 0.516. The zero-order valence-corrected chi connectivity index (χ0v) is 23.7. The highest BCUT2D eigenvalue weighted by Gasteiger charge is 2.54. The van der Waals surface area contributed by atoms with Crippen LogP contribution >= 0.6 is 0 Å². The number of nitrogens with one attached hydrogen (secondary N) is 1. The van der Waals surface area contributed by atoms with E-state index >= 15 is 0 Å². The number of ether oxygens (including phenoxy) is 1. The molecular weight excluding hydrogens is 494 g/mol. The Balaban J connectivity index is 1.70. The van der Waals surface area contributed by atoms with Crippen LogP contribution in [0, 0.1) is 13.8 Å². The second-order valence-corrected chi connectivity index (χ2v) is 12.0. The maximum absolute atomic E-state index is 14.5. The van der Waals surface area contributed by atoms with E-state index in [-0.39, 0.29) is 23.8 Å². The lowest BCUT2D eigenvalue weighted by atomic mass is 9.81. The van der Waals surface area contributed by atoms with Crippen molar-refractivity contribution in [3.63, 3.8) is 0 Å². The minimum Gasteiger partial charge on any atom is -0.465 e. The molecule has 4 rings (SSSR count). The molecule has 2 N–H and O–H groups in total. The number of rotatable bonds is 5. The van der Waals surface area contributed by atoms with Gasteiger partial charge in [0.15, 0.2) is 0 Å². The number of carbonyl (C=O) groups excluding carboxylic acids is 2. The molecule has 0 saturated carbocycles. The van der Waals surface area contributed by atoms with Crippen molar-refractivity contribution >= 4 is 17.9 Å². The van der Waals surface area contributed by atoms with Gasteiger partial charge in [-0.2, -0.15) is 0 Å². The summed E-state index contributed by atoms with van der Waals surface area (Å²) in [5.41, 5.74) is 2.02. The number of hydrogen-bond donors (Lipinski definition) is 2. The maximum atomic E-state index is 14.5. The minimum atomic E-state index is -1.23. The van der Waals surface area contributed by atoms with Crippen LogP contribution in [0.25, 0.3) is 0 Å². The van der Waals surface area contributed by atoms with Crippen molar-refractivity contribution in [2.45, 2.75) is 76.9 Å². The van der Waals surface area contributed by atoms with E-state index in [1.54, 1.807) is 17.0 Å². The van der Waals surface area contributed by atoms with Crippen molar-refractivity contribution in [3.05, 3.63) is 70.8 Å². The van der Waals surface area contributed by atoms with Gasteiger partial charge in [0.05, 0.1) is 0 Å². The molecule has 0 aromatic heterocycles. The van der Waals surface area contributed by atoms with Gasteiger partial charge >= 0.3 is 6.09 Å². The Labute approximate surface area is 231 Å². The molecule has 2 aromatic rings. The third-order valence-electron chi connectivity index (χ3n) is 8.12. The van der Waals surface area contributed by atoms with E-state index in [2.05, 4.69) is 37.4 Å². The maximum Gasteiger partial charge on any atom is 0.408 e. The van der Waals surface area contributed by atoms with Gasteiger partial charge in [-0.1, -0.05) is 36.4 Å². The topological polar surface area (TPSA) is 99.2 Å². The van der Waals surface area contributed by atoms with Crippen LogP contribution in [0.5, 0.6) is 0 Å². The molecule has 2 heterocycles. The summed E-state index contributed by atoms with van der Waals surface area (Å²) in [5.74, 6) is -0.403. The number of carboxylic acid groups (broad SMARTS) is 1. The third-order valence-corrected chi connectivity index (χ3v) is 8.12. The molecule has 0 aliphatic carbocycles. The number of likely N-dealkylation sites (tertiary alicyclic amines) is 1. The quantitative estimate of drug-likeness (QED) is 0.576. The summed E-state index contributed by atoms with van der Waals surface area (Å²) in [4.78, 5) is 43.4. The largest absolute Gasteiger partial charge is 0.465 e. The van der Waals surface area contributed by atoms with Crippen molar-refractivity contribution in [1.29, 1.82) is 0 Å². The summed E-state index contributed by atoms with van der Waals surface area (Å²) in [5, 5.41) is 13.5. The van der Waals surface area contributed by atoms with E-state index < -0.39 is 17.2 Å². The molecule has 0 spiro atoms. The molecule has 2 saturated heterocycles. The number of amides is 3. The van der Waals surface area contributed by atoms with Gasteiger partial charge in [-0.15, -0.1) is 0 Å². The molecule has 2 aliphatic rings. The van der Waals surface area contributed by atoms with Crippen LogP contribution in [0.1, 0.15) is 73.0 Å². The summed E-state index contributed by atoms with van der Waals surface area (Å²) in [6.45, 7) is 11.0. The van der Waals surface area contributed by atoms with Gasteiger partial charge in [0.25, 0.3) is 5.91 Å². The van der Waals surface area contributed by atoms with E-state index in [0.717, 1.165) is 5.56 Å². The first-order valence-corrected chi connectivity index (χ1v) is 13.8. The average molecular weight is 536 g/mol. The molecular formula is C31H41N3O5. The predicted molar refractivity (Wildman–Crippen MR) is 150 cm³/mol. The highest BCUT2D eigenvalue weighted by atomic mass is 16.5. The lowest BCUT2D eigenvalue weighted by Gasteiger charge is -2.52. The molecule has 2 atom stereocenters. The van der Waals surface area contributed by atoms with Gasteiger partial charge < -0.3 is 20.1 Å². The van der Waals surface area contributed by atoms with E-state index in [0.29, 0.717) is 51.1 Å². The molecule has 2 fully saturated rings. The van der Waals surface area contributed by atoms with E-state index in [1.807, 2.05) is 39.0 Å². The van der Waals surface area contributed by atoms with Crippen molar-refractivity contribution in [2.75, 3.05) is 26.3 Å². The van der Waals surface area contributed by atoms with E-state index in [4.69, 9.17) is 4.74 Å².